The van der Waals surface area contributed by atoms with Gasteiger partial charge in [0.15, 0.2) is 6.10 Å². The van der Waals surface area contributed by atoms with Gasteiger partial charge in [0.1, 0.15) is 11.5 Å². The monoisotopic (exact) mass is 320 g/mol. The molecule has 4 nitrogen and oxygen atoms in total. The highest BCUT2D eigenvalue weighted by molar-refractivity contribution is 6.32. The zero-order valence-electron chi connectivity index (χ0n) is 12.4. The lowest BCUT2D eigenvalue weighted by Gasteiger charge is -2.16. The van der Waals surface area contributed by atoms with Gasteiger partial charge in [-0.1, -0.05) is 29.8 Å². The summed E-state index contributed by atoms with van der Waals surface area (Å²) in [7, 11) is 1.53. The van der Waals surface area contributed by atoms with E-state index in [4.69, 9.17) is 21.1 Å². The average Bonchev–Trinajstić information content (AvgIpc) is 2.46. The van der Waals surface area contributed by atoms with Crippen LogP contribution in [0.5, 0.6) is 11.5 Å². The lowest BCUT2D eigenvalue weighted by molar-refractivity contribution is -0.145. The van der Waals surface area contributed by atoms with Crippen LogP contribution in [0.4, 0.5) is 0 Å². The van der Waals surface area contributed by atoms with Crippen LogP contribution in [0.1, 0.15) is 11.1 Å². The zero-order valence-corrected chi connectivity index (χ0v) is 13.1. The molecule has 5 heteroatoms. The van der Waals surface area contributed by atoms with Gasteiger partial charge < -0.3 is 14.6 Å². The van der Waals surface area contributed by atoms with Gasteiger partial charge in [0, 0.05) is 6.42 Å². The standard InChI is InChI=1S/C17H17ClO4/c1-11-4-3-5-13(8-11)22-16(17(19)20)10-12-6-7-15(21-2)14(18)9-12/h3-9,16H,10H2,1-2H3,(H,19,20)/t16-/m1/s1. The second-order valence-corrected chi connectivity index (χ2v) is 5.34. The van der Waals surface area contributed by atoms with Crippen LogP contribution in [0, 0.1) is 6.92 Å². The molecule has 0 aliphatic carbocycles. The quantitative estimate of drug-likeness (QED) is 0.881. The first kappa shape index (κ1) is 16.2. The maximum atomic E-state index is 11.4. The van der Waals surface area contributed by atoms with E-state index in [1.165, 1.54) is 7.11 Å². The first-order valence-electron chi connectivity index (χ1n) is 6.78. The highest BCUT2D eigenvalue weighted by Gasteiger charge is 2.20. The van der Waals surface area contributed by atoms with E-state index in [0.29, 0.717) is 16.5 Å². The van der Waals surface area contributed by atoms with Crippen LogP contribution in [0.15, 0.2) is 42.5 Å². The summed E-state index contributed by atoms with van der Waals surface area (Å²) in [4.78, 5) is 11.4. The molecule has 116 valence electrons. The van der Waals surface area contributed by atoms with Crippen molar-refractivity contribution in [2.75, 3.05) is 7.11 Å². The van der Waals surface area contributed by atoms with Gasteiger partial charge in [0.05, 0.1) is 12.1 Å². The minimum atomic E-state index is -1.02. The number of methoxy groups -OCH3 is 1. The number of ether oxygens (including phenoxy) is 2. The Kier molecular flexibility index (Phi) is 5.28. The average molecular weight is 321 g/mol. The van der Waals surface area contributed by atoms with Crippen molar-refractivity contribution in [3.63, 3.8) is 0 Å². The molecule has 0 aliphatic rings. The predicted molar refractivity (Wildman–Crippen MR) is 84.9 cm³/mol. The fourth-order valence-electron chi connectivity index (χ4n) is 2.08. The molecule has 0 saturated carbocycles. The molecule has 2 rings (SSSR count). The predicted octanol–water partition coefficient (Wildman–Crippen LogP) is 3.73. The van der Waals surface area contributed by atoms with Crippen molar-refractivity contribution >= 4 is 17.6 Å². The van der Waals surface area contributed by atoms with Gasteiger partial charge in [0.2, 0.25) is 0 Å². The van der Waals surface area contributed by atoms with E-state index in [0.717, 1.165) is 11.1 Å². The van der Waals surface area contributed by atoms with E-state index in [1.54, 1.807) is 30.3 Å². The maximum absolute atomic E-state index is 11.4. The van der Waals surface area contributed by atoms with Crippen molar-refractivity contribution in [3.8, 4) is 11.5 Å². The molecule has 0 heterocycles. The van der Waals surface area contributed by atoms with Gasteiger partial charge in [-0.15, -0.1) is 0 Å². The Labute approximate surface area is 134 Å². The molecule has 0 spiro atoms. The molecule has 2 aromatic carbocycles. The molecule has 0 saturated heterocycles. The maximum Gasteiger partial charge on any atom is 0.345 e. The number of hydrogen-bond donors (Lipinski definition) is 1. The number of benzene rings is 2. The Hall–Kier alpha value is -2.20. The molecule has 1 N–H and O–H groups in total. The topological polar surface area (TPSA) is 55.8 Å². The first-order valence-corrected chi connectivity index (χ1v) is 7.16. The van der Waals surface area contributed by atoms with E-state index in [2.05, 4.69) is 0 Å². The number of halogens is 1. The molecule has 0 bridgehead atoms. The van der Waals surface area contributed by atoms with E-state index < -0.39 is 12.1 Å². The normalized spacial score (nSPS) is 11.8. The van der Waals surface area contributed by atoms with Crippen molar-refractivity contribution < 1.29 is 19.4 Å². The molecule has 1 atom stereocenters. The van der Waals surface area contributed by atoms with Crippen LogP contribution in [0.25, 0.3) is 0 Å². The zero-order chi connectivity index (χ0) is 16.1. The fourth-order valence-corrected chi connectivity index (χ4v) is 2.36. The summed E-state index contributed by atoms with van der Waals surface area (Å²) in [6.07, 6.45) is -0.765. The summed E-state index contributed by atoms with van der Waals surface area (Å²) in [6, 6.07) is 12.5. The molecule has 0 unspecified atom stereocenters. The molecular formula is C17H17ClO4. The summed E-state index contributed by atoms with van der Waals surface area (Å²) in [6.45, 7) is 1.92. The highest BCUT2D eigenvalue weighted by atomic mass is 35.5. The molecule has 0 radical (unpaired) electrons. The van der Waals surface area contributed by atoms with Crippen molar-refractivity contribution in [1.29, 1.82) is 0 Å². The largest absolute Gasteiger partial charge is 0.495 e. The molecule has 0 fully saturated rings. The van der Waals surface area contributed by atoms with Crippen molar-refractivity contribution in [1.82, 2.24) is 0 Å². The van der Waals surface area contributed by atoms with Gasteiger partial charge in [0.25, 0.3) is 0 Å². The van der Waals surface area contributed by atoms with Crippen molar-refractivity contribution in [3.05, 3.63) is 58.6 Å². The van der Waals surface area contributed by atoms with Gasteiger partial charge in [-0.05, 0) is 42.3 Å². The van der Waals surface area contributed by atoms with Gasteiger partial charge in [-0.25, -0.2) is 4.79 Å². The smallest absolute Gasteiger partial charge is 0.345 e. The lowest BCUT2D eigenvalue weighted by atomic mass is 10.1. The number of aliphatic carboxylic acids is 1. The third kappa shape index (κ3) is 4.15. The number of carbonyl (C=O) groups is 1. The van der Waals surface area contributed by atoms with Crippen LogP contribution in [-0.4, -0.2) is 24.3 Å². The molecule has 2 aromatic rings. The third-order valence-electron chi connectivity index (χ3n) is 3.18. The molecule has 0 amide bonds. The van der Waals surface area contributed by atoms with Crippen LogP contribution < -0.4 is 9.47 Å². The van der Waals surface area contributed by atoms with E-state index in [-0.39, 0.29) is 6.42 Å². The Morgan fingerprint density at radius 3 is 2.64 bits per heavy atom. The van der Waals surface area contributed by atoms with E-state index >= 15 is 0 Å². The summed E-state index contributed by atoms with van der Waals surface area (Å²) in [5.74, 6) is 0.0670. The lowest BCUT2D eigenvalue weighted by Crippen LogP contribution is -2.29. The van der Waals surface area contributed by atoms with Crippen LogP contribution >= 0.6 is 11.6 Å². The third-order valence-corrected chi connectivity index (χ3v) is 3.48. The molecular weight excluding hydrogens is 304 g/mol. The molecule has 0 aliphatic heterocycles. The number of hydrogen-bond acceptors (Lipinski definition) is 3. The second kappa shape index (κ2) is 7.18. The van der Waals surface area contributed by atoms with Crippen molar-refractivity contribution in [2.24, 2.45) is 0 Å². The number of aryl methyl sites for hydroxylation is 1. The minimum Gasteiger partial charge on any atom is -0.495 e. The summed E-state index contributed by atoms with van der Waals surface area (Å²) in [5, 5.41) is 9.80. The summed E-state index contributed by atoms with van der Waals surface area (Å²) in [5.41, 5.74) is 1.78. The number of rotatable bonds is 6. The van der Waals surface area contributed by atoms with Crippen LogP contribution in [0.3, 0.4) is 0 Å². The van der Waals surface area contributed by atoms with Crippen LogP contribution in [0.2, 0.25) is 5.02 Å². The Morgan fingerprint density at radius 1 is 1.27 bits per heavy atom. The fraction of sp³-hybridized carbons (Fsp3) is 0.235. The Bertz CT molecular complexity index is 669. The Morgan fingerprint density at radius 2 is 2.05 bits per heavy atom. The van der Waals surface area contributed by atoms with Gasteiger partial charge in [-0.2, -0.15) is 0 Å². The molecule has 22 heavy (non-hydrogen) atoms. The first-order chi connectivity index (χ1) is 10.5. The summed E-state index contributed by atoms with van der Waals surface area (Å²) >= 11 is 6.06. The SMILES string of the molecule is COc1ccc(C[C@@H](Oc2cccc(C)c2)C(=O)O)cc1Cl. The molecule has 0 aromatic heterocycles. The summed E-state index contributed by atoms with van der Waals surface area (Å²) < 4.78 is 10.7. The highest BCUT2D eigenvalue weighted by Crippen LogP contribution is 2.26. The second-order valence-electron chi connectivity index (χ2n) is 4.93. The Balaban J connectivity index is 2.15. The number of carboxylic acid groups (broad SMARTS) is 1. The number of carboxylic acids is 1. The van der Waals surface area contributed by atoms with Crippen LogP contribution in [-0.2, 0) is 11.2 Å². The minimum absolute atomic E-state index is 0.215. The van der Waals surface area contributed by atoms with E-state index in [1.807, 2.05) is 19.1 Å². The van der Waals surface area contributed by atoms with Gasteiger partial charge in [-0.3, -0.25) is 0 Å². The van der Waals surface area contributed by atoms with Crippen molar-refractivity contribution in [2.45, 2.75) is 19.4 Å². The van der Waals surface area contributed by atoms with Gasteiger partial charge >= 0.3 is 5.97 Å². The van der Waals surface area contributed by atoms with E-state index in [9.17, 15) is 9.90 Å².